The fourth-order valence-corrected chi connectivity index (χ4v) is 2.89. The van der Waals surface area contributed by atoms with E-state index in [0.717, 1.165) is 29.9 Å². The van der Waals surface area contributed by atoms with Gasteiger partial charge >= 0.3 is 0 Å². The van der Waals surface area contributed by atoms with Gasteiger partial charge < -0.3 is 15.5 Å². The molecule has 25 heavy (non-hydrogen) atoms. The molecule has 0 saturated carbocycles. The molecule has 0 radical (unpaired) electrons. The van der Waals surface area contributed by atoms with Gasteiger partial charge in [-0.15, -0.1) is 0 Å². The molecular weight excluding hydrogens is 352 g/mol. The Kier molecular flexibility index (Phi) is 7.20. The highest BCUT2D eigenvalue weighted by atomic mass is 35.5. The van der Waals surface area contributed by atoms with Gasteiger partial charge in [-0.1, -0.05) is 48.0 Å². The molecule has 0 unspecified atom stereocenters. The Morgan fingerprint density at radius 3 is 2.56 bits per heavy atom. The number of benzene rings is 2. The minimum absolute atomic E-state index is 0.395. The number of nitrogens with zero attached hydrogens (tertiary/aromatic N) is 2. The monoisotopic (exact) mass is 372 g/mol. The normalized spacial score (nSPS) is 11.6. The van der Waals surface area contributed by atoms with Crippen molar-refractivity contribution in [1.29, 1.82) is 5.26 Å². The molecule has 0 aromatic heterocycles. The number of nitrogens with one attached hydrogen (secondary N) is 2. The molecule has 0 heterocycles. The Morgan fingerprint density at radius 1 is 1.24 bits per heavy atom. The summed E-state index contributed by atoms with van der Waals surface area (Å²) in [5, 5.41) is 16.9. The summed E-state index contributed by atoms with van der Waals surface area (Å²) in [4.78, 5) is 2.08. The Morgan fingerprint density at radius 2 is 1.96 bits per heavy atom. The summed E-state index contributed by atoms with van der Waals surface area (Å²) >= 11 is 11.7. The standard InChI is InChI=1S/C19H21ClN4S/c1-24(2)11-10-22-19(25)23-15-8-9-16(18(20)12-15)17(13-21)14-6-4-3-5-7-14/h3-9,12,17H,10-11H2,1-2H3,(H2,22,23,25)/t17-/m0/s1. The van der Waals surface area contributed by atoms with Crippen LogP contribution in [0, 0.1) is 11.3 Å². The van der Waals surface area contributed by atoms with E-state index in [1.807, 2.05) is 56.6 Å². The van der Waals surface area contributed by atoms with E-state index < -0.39 is 5.92 Å². The summed E-state index contributed by atoms with van der Waals surface area (Å²) in [5.41, 5.74) is 2.50. The van der Waals surface area contributed by atoms with Gasteiger partial charge in [0.1, 0.15) is 0 Å². The SMILES string of the molecule is CN(C)CCNC(=S)Nc1ccc([C@@H](C#N)c2ccccc2)c(Cl)c1. The van der Waals surface area contributed by atoms with E-state index in [-0.39, 0.29) is 0 Å². The zero-order chi connectivity index (χ0) is 18.2. The van der Waals surface area contributed by atoms with Crippen LogP contribution in [0.15, 0.2) is 48.5 Å². The first kappa shape index (κ1) is 19.2. The predicted octanol–water partition coefficient (Wildman–Crippen LogP) is 3.84. The van der Waals surface area contributed by atoms with Crippen LogP contribution in [0.3, 0.4) is 0 Å². The van der Waals surface area contributed by atoms with Crippen LogP contribution in [0.25, 0.3) is 0 Å². The highest BCUT2D eigenvalue weighted by Crippen LogP contribution is 2.31. The van der Waals surface area contributed by atoms with Crippen LogP contribution in [-0.2, 0) is 0 Å². The van der Waals surface area contributed by atoms with Crippen LogP contribution in [0.5, 0.6) is 0 Å². The van der Waals surface area contributed by atoms with Crippen molar-refractivity contribution in [2.45, 2.75) is 5.92 Å². The quantitative estimate of drug-likeness (QED) is 0.754. The number of anilines is 1. The molecule has 0 fully saturated rings. The maximum absolute atomic E-state index is 9.55. The van der Waals surface area contributed by atoms with Gasteiger partial charge in [-0.2, -0.15) is 5.26 Å². The number of hydrogen-bond donors (Lipinski definition) is 2. The summed E-state index contributed by atoms with van der Waals surface area (Å²) in [6.07, 6.45) is 0. The molecule has 4 nitrogen and oxygen atoms in total. The first-order chi connectivity index (χ1) is 12.0. The molecule has 0 aliphatic rings. The largest absolute Gasteiger partial charge is 0.361 e. The van der Waals surface area contributed by atoms with Crippen molar-refractivity contribution in [2.24, 2.45) is 0 Å². The van der Waals surface area contributed by atoms with Crippen LogP contribution in [-0.4, -0.2) is 37.2 Å². The van der Waals surface area contributed by atoms with Crippen LogP contribution in [0.4, 0.5) is 5.69 Å². The average molecular weight is 373 g/mol. The zero-order valence-electron chi connectivity index (χ0n) is 14.3. The smallest absolute Gasteiger partial charge is 0.170 e. The summed E-state index contributed by atoms with van der Waals surface area (Å²) < 4.78 is 0. The number of thiocarbonyl (C=S) groups is 1. The summed E-state index contributed by atoms with van der Waals surface area (Å²) in [5.74, 6) is -0.395. The van der Waals surface area contributed by atoms with Crippen LogP contribution >= 0.6 is 23.8 Å². The highest BCUT2D eigenvalue weighted by molar-refractivity contribution is 7.80. The van der Waals surface area contributed by atoms with Gasteiger partial charge in [-0.05, 0) is 49.6 Å². The van der Waals surface area contributed by atoms with Gasteiger partial charge in [0.25, 0.3) is 0 Å². The molecule has 2 aromatic rings. The van der Waals surface area contributed by atoms with E-state index >= 15 is 0 Å². The van der Waals surface area contributed by atoms with E-state index in [9.17, 15) is 5.26 Å². The summed E-state index contributed by atoms with van der Waals surface area (Å²) in [6, 6.07) is 17.5. The van der Waals surface area contributed by atoms with Gasteiger partial charge in [0.2, 0.25) is 0 Å². The van der Waals surface area contributed by atoms with Gasteiger partial charge in [0.15, 0.2) is 5.11 Å². The molecule has 0 amide bonds. The molecule has 0 aliphatic heterocycles. The van der Waals surface area contributed by atoms with Crippen molar-refractivity contribution < 1.29 is 0 Å². The molecule has 0 saturated heterocycles. The fourth-order valence-electron chi connectivity index (χ4n) is 2.38. The topological polar surface area (TPSA) is 51.1 Å². The van der Waals surface area contributed by atoms with E-state index in [1.165, 1.54) is 0 Å². The molecule has 0 bridgehead atoms. The second-order valence-electron chi connectivity index (χ2n) is 5.89. The van der Waals surface area contributed by atoms with Crippen LogP contribution < -0.4 is 10.6 Å². The minimum atomic E-state index is -0.395. The minimum Gasteiger partial charge on any atom is -0.361 e. The number of nitriles is 1. The maximum Gasteiger partial charge on any atom is 0.170 e. The zero-order valence-corrected chi connectivity index (χ0v) is 15.9. The molecule has 2 rings (SSSR count). The molecule has 2 N–H and O–H groups in total. The lowest BCUT2D eigenvalue weighted by molar-refractivity contribution is 0.413. The molecule has 2 aromatic carbocycles. The molecule has 1 atom stereocenters. The lowest BCUT2D eigenvalue weighted by Crippen LogP contribution is -2.34. The predicted molar refractivity (Wildman–Crippen MR) is 108 cm³/mol. The van der Waals surface area contributed by atoms with Crippen LogP contribution in [0.2, 0.25) is 5.02 Å². The molecule has 6 heteroatoms. The van der Waals surface area contributed by atoms with Crippen molar-refractivity contribution in [3.05, 3.63) is 64.7 Å². The molecule has 0 spiro atoms. The number of rotatable bonds is 6. The summed E-state index contributed by atoms with van der Waals surface area (Å²) in [6.45, 7) is 1.65. The highest BCUT2D eigenvalue weighted by Gasteiger charge is 2.16. The number of halogens is 1. The third-order valence-corrected chi connectivity index (χ3v) is 4.25. The first-order valence-corrected chi connectivity index (χ1v) is 8.73. The van der Waals surface area contributed by atoms with E-state index in [2.05, 4.69) is 21.6 Å². The van der Waals surface area contributed by atoms with E-state index in [1.54, 1.807) is 6.07 Å². The molecular formula is C19H21ClN4S. The lowest BCUT2D eigenvalue weighted by atomic mass is 9.92. The molecule has 0 aliphatic carbocycles. The second-order valence-corrected chi connectivity index (χ2v) is 6.71. The van der Waals surface area contributed by atoms with Crippen molar-refractivity contribution >= 4 is 34.6 Å². The Hall–Kier alpha value is -2.13. The van der Waals surface area contributed by atoms with Gasteiger partial charge in [-0.25, -0.2) is 0 Å². The van der Waals surface area contributed by atoms with Crippen molar-refractivity contribution in [2.75, 3.05) is 32.5 Å². The third kappa shape index (κ3) is 5.71. The molecule has 130 valence electrons. The van der Waals surface area contributed by atoms with Gasteiger partial charge in [0.05, 0.1) is 12.0 Å². The maximum atomic E-state index is 9.55. The number of hydrogen-bond acceptors (Lipinski definition) is 3. The van der Waals surface area contributed by atoms with E-state index in [0.29, 0.717) is 10.1 Å². The van der Waals surface area contributed by atoms with E-state index in [4.69, 9.17) is 23.8 Å². The first-order valence-electron chi connectivity index (χ1n) is 7.95. The fraction of sp³-hybridized carbons (Fsp3) is 0.263. The average Bonchev–Trinajstić information content (AvgIpc) is 2.58. The Bertz CT molecular complexity index is 756. The van der Waals surface area contributed by atoms with Crippen molar-refractivity contribution in [1.82, 2.24) is 10.2 Å². The second kappa shape index (κ2) is 9.38. The Balaban J connectivity index is 2.07. The number of likely N-dealkylation sites (N-methyl/N-ethyl adjacent to an activating group) is 1. The summed E-state index contributed by atoms with van der Waals surface area (Å²) in [7, 11) is 4.02. The van der Waals surface area contributed by atoms with Crippen molar-refractivity contribution in [3.8, 4) is 6.07 Å². The van der Waals surface area contributed by atoms with Crippen molar-refractivity contribution in [3.63, 3.8) is 0 Å². The van der Waals surface area contributed by atoms with Gasteiger partial charge in [0, 0.05) is 23.8 Å². The third-order valence-electron chi connectivity index (χ3n) is 3.68. The lowest BCUT2D eigenvalue weighted by Gasteiger charge is -2.15. The Labute approximate surface area is 159 Å². The van der Waals surface area contributed by atoms with Crippen LogP contribution in [0.1, 0.15) is 17.0 Å². The van der Waals surface area contributed by atoms with Gasteiger partial charge in [-0.3, -0.25) is 0 Å².